The van der Waals surface area contributed by atoms with E-state index in [1.165, 1.54) is 0 Å². The molecule has 0 aliphatic rings. The van der Waals surface area contributed by atoms with Gasteiger partial charge in [0, 0.05) is 11.3 Å². The van der Waals surface area contributed by atoms with Crippen LogP contribution in [0.4, 0.5) is 11.4 Å². The van der Waals surface area contributed by atoms with Crippen LogP contribution in [0.2, 0.25) is 0 Å². The molecule has 21 heavy (non-hydrogen) atoms. The highest BCUT2D eigenvalue weighted by atomic mass is 16.5. The standard InChI is InChI=1S/C17H20N2O2/c1-4-21-16-9-8-13(10-14(16)18)17(20)19-15-7-5-6-11(2)12(15)3/h5-10H,4,18H2,1-3H3,(H,19,20). The van der Waals surface area contributed by atoms with Crippen LogP contribution in [0.25, 0.3) is 0 Å². The molecule has 0 heterocycles. The number of carbonyl (C=O) groups excluding carboxylic acids is 1. The average molecular weight is 284 g/mol. The maximum absolute atomic E-state index is 12.3. The Morgan fingerprint density at radius 2 is 2.00 bits per heavy atom. The quantitative estimate of drug-likeness (QED) is 0.844. The number of nitrogens with one attached hydrogen (secondary N) is 1. The van der Waals surface area contributed by atoms with E-state index >= 15 is 0 Å². The summed E-state index contributed by atoms with van der Waals surface area (Å²) < 4.78 is 5.37. The molecular formula is C17H20N2O2. The minimum atomic E-state index is -0.182. The van der Waals surface area contributed by atoms with Crippen LogP contribution >= 0.6 is 0 Å². The van der Waals surface area contributed by atoms with E-state index in [1.807, 2.05) is 39.0 Å². The summed E-state index contributed by atoms with van der Waals surface area (Å²) in [5.74, 6) is 0.416. The predicted molar refractivity (Wildman–Crippen MR) is 85.9 cm³/mol. The van der Waals surface area contributed by atoms with Crippen LogP contribution < -0.4 is 15.8 Å². The third-order valence-corrected chi connectivity index (χ3v) is 3.42. The molecule has 0 aromatic heterocycles. The van der Waals surface area contributed by atoms with Crippen molar-refractivity contribution in [2.75, 3.05) is 17.7 Å². The lowest BCUT2D eigenvalue weighted by Crippen LogP contribution is -2.13. The molecule has 110 valence electrons. The monoisotopic (exact) mass is 284 g/mol. The highest BCUT2D eigenvalue weighted by molar-refractivity contribution is 6.05. The zero-order chi connectivity index (χ0) is 15.4. The van der Waals surface area contributed by atoms with Gasteiger partial charge in [-0.25, -0.2) is 0 Å². The minimum absolute atomic E-state index is 0.182. The molecule has 0 fully saturated rings. The molecule has 2 aromatic rings. The third-order valence-electron chi connectivity index (χ3n) is 3.42. The molecule has 2 aromatic carbocycles. The lowest BCUT2D eigenvalue weighted by molar-refractivity contribution is 0.102. The number of ether oxygens (including phenoxy) is 1. The molecule has 0 atom stereocenters. The topological polar surface area (TPSA) is 64.3 Å². The molecule has 4 heteroatoms. The van der Waals surface area contributed by atoms with Crippen molar-refractivity contribution in [3.8, 4) is 5.75 Å². The Bertz CT molecular complexity index is 666. The van der Waals surface area contributed by atoms with E-state index in [1.54, 1.807) is 18.2 Å². The van der Waals surface area contributed by atoms with Crippen LogP contribution in [0.3, 0.4) is 0 Å². The number of benzene rings is 2. The van der Waals surface area contributed by atoms with Crippen molar-refractivity contribution in [3.63, 3.8) is 0 Å². The molecular weight excluding hydrogens is 264 g/mol. The Morgan fingerprint density at radius 3 is 2.67 bits per heavy atom. The fraction of sp³-hybridized carbons (Fsp3) is 0.235. The fourth-order valence-electron chi connectivity index (χ4n) is 2.06. The van der Waals surface area contributed by atoms with Crippen molar-refractivity contribution < 1.29 is 9.53 Å². The molecule has 4 nitrogen and oxygen atoms in total. The van der Waals surface area contributed by atoms with Crippen LogP contribution in [0.15, 0.2) is 36.4 Å². The van der Waals surface area contributed by atoms with Gasteiger partial charge in [-0.2, -0.15) is 0 Å². The summed E-state index contributed by atoms with van der Waals surface area (Å²) in [5, 5.41) is 2.91. The Morgan fingerprint density at radius 1 is 1.24 bits per heavy atom. The summed E-state index contributed by atoms with van der Waals surface area (Å²) >= 11 is 0. The molecule has 0 aliphatic carbocycles. The average Bonchev–Trinajstić information content (AvgIpc) is 2.46. The molecule has 0 saturated carbocycles. The Balaban J connectivity index is 2.21. The van der Waals surface area contributed by atoms with Crippen LogP contribution in [0.1, 0.15) is 28.4 Å². The summed E-state index contributed by atoms with van der Waals surface area (Å²) in [4.78, 5) is 12.3. The molecule has 0 radical (unpaired) electrons. The van der Waals surface area contributed by atoms with Crippen LogP contribution in [0.5, 0.6) is 5.75 Å². The van der Waals surface area contributed by atoms with Gasteiger partial charge in [0.05, 0.1) is 12.3 Å². The molecule has 0 spiro atoms. The Hall–Kier alpha value is -2.49. The van der Waals surface area contributed by atoms with E-state index in [9.17, 15) is 4.79 Å². The van der Waals surface area contributed by atoms with E-state index < -0.39 is 0 Å². The largest absolute Gasteiger partial charge is 0.492 e. The first-order valence-corrected chi connectivity index (χ1v) is 6.92. The molecule has 3 N–H and O–H groups in total. The van der Waals surface area contributed by atoms with Crippen molar-refractivity contribution in [2.45, 2.75) is 20.8 Å². The first kappa shape index (κ1) is 14.9. The van der Waals surface area contributed by atoms with E-state index in [0.29, 0.717) is 23.6 Å². The smallest absolute Gasteiger partial charge is 0.255 e. The van der Waals surface area contributed by atoms with Gasteiger partial charge < -0.3 is 15.8 Å². The molecule has 0 bridgehead atoms. The fourth-order valence-corrected chi connectivity index (χ4v) is 2.06. The number of hydrogen-bond donors (Lipinski definition) is 2. The summed E-state index contributed by atoms with van der Waals surface area (Å²) in [6.45, 7) is 6.43. The number of amides is 1. The lowest BCUT2D eigenvalue weighted by atomic mass is 10.1. The van der Waals surface area contributed by atoms with Gasteiger partial charge in [0.15, 0.2) is 0 Å². The zero-order valence-electron chi connectivity index (χ0n) is 12.6. The van der Waals surface area contributed by atoms with Gasteiger partial charge in [-0.05, 0) is 56.2 Å². The lowest BCUT2D eigenvalue weighted by Gasteiger charge is -2.12. The number of aryl methyl sites for hydroxylation is 1. The highest BCUT2D eigenvalue weighted by Gasteiger charge is 2.10. The first-order valence-electron chi connectivity index (χ1n) is 6.92. The summed E-state index contributed by atoms with van der Waals surface area (Å²) in [7, 11) is 0. The van der Waals surface area contributed by atoms with Crippen molar-refractivity contribution >= 4 is 17.3 Å². The number of nitrogen functional groups attached to an aromatic ring is 1. The van der Waals surface area contributed by atoms with Crippen LogP contribution in [0, 0.1) is 13.8 Å². The normalized spacial score (nSPS) is 10.2. The maximum atomic E-state index is 12.3. The molecule has 0 unspecified atom stereocenters. The van der Waals surface area contributed by atoms with Gasteiger partial charge in [0.2, 0.25) is 0 Å². The number of nitrogens with two attached hydrogens (primary N) is 1. The van der Waals surface area contributed by atoms with E-state index in [2.05, 4.69) is 5.32 Å². The van der Waals surface area contributed by atoms with Crippen molar-refractivity contribution in [1.82, 2.24) is 0 Å². The number of anilines is 2. The second-order valence-corrected chi connectivity index (χ2v) is 4.89. The molecule has 0 aliphatic heterocycles. The number of rotatable bonds is 4. The van der Waals surface area contributed by atoms with E-state index in [-0.39, 0.29) is 5.91 Å². The second kappa shape index (κ2) is 6.31. The first-order chi connectivity index (χ1) is 10.0. The number of carbonyl (C=O) groups is 1. The number of hydrogen-bond acceptors (Lipinski definition) is 3. The van der Waals surface area contributed by atoms with Crippen molar-refractivity contribution in [1.29, 1.82) is 0 Å². The van der Waals surface area contributed by atoms with Crippen LogP contribution in [-0.2, 0) is 0 Å². The summed E-state index contributed by atoms with van der Waals surface area (Å²) in [6, 6.07) is 10.9. The second-order valence-electron chi connectivity index (χ2n) is 4.89. The van der Waals surface area contributed by atoms with Gasteiger partial charge in [0.1, 0.15) is 5.75 Å². The minimum Gasteiger partial charge on any atom is -0.492 e. The van der Waals surface area contributed by atoms with Gasteiger partial charge in [-0.1, -0.05) is 12.1 Å². The van der Waals surface area contributed by atoms with Crippen molar-refractivity contribution in [2.24, 2.45) is 0 Å². The SMILES string of the molecule is CCOc1ccc(C(=O)Nc2cccc(C)c2C)cc1N. The van der Waals surface area contributed by atoms with Gasteiger partial charge in [-0.15, -0.1) is 0 Å². The van der Waals surface area contributed by atoms with Gasteiger partial charge in [0.25, 0.3) is 5.91 Å². The van der Waals surface area contributed by atoms with Gasteiger partial charge >= 0.3 is 0 Å². The summed E-state index contributed by atoms with van der Waals surface area (Å²) in [6.07, 6.45) is 0. The predicted octanol–water partition coefficient (Wildman–Crippen LogP) is 3.54. The molecule has 0 saturated heterocycles. The maximum Gasteiger partial charge on any atom is 0.255 e. The zero-order valence-corrected chi connectivity index (χ0v) is 12.6. The van der Waals surface area contributed by atoms with Crippen LogP contribution in [-0.4, -0.2) is 12.5 Å². The molecule has 1 amide bonds. The summed E-state index contributed by atoms with van der Waals surface area (Å²) in [5.41, 5.74) is 9.87. The van der Waals surface area contributed by atoms with E-state index in [0.717, 1.165) is 16.8 Å². The Labute approximate surface area is 124 Å². The van der Waals surface area contributed by atoms with Gasteiger partial charge in [-0.3, -0.25) is 4.79 Å². The highest BCUT2D eigenvalue weighted by Crippen LogP contribution is 2.24. The molecule has 2 rings (SSSR count). The third kappa shape index (κ3) is 3.34. The van der Waals surface area contributed by atoms with Crippen molar-refractivity contribution in [3.05, 3.63) is 53.1 Å². The Kier molecular flexibility index (Phi) is 4.48. The van der Waals surface area contributed by atoms with E-state index in [4.69, 9.17) is 10.5 Å².